The molecule has 2 aliphatic rings. The maximum absolute atomic E-state index is 12.7. The summed E-state index contributed by atoms with van der Waals surface area (Å²) in [7, 11) is 0. The number of aliphatic carboxylic acids is 2. The second kappa shape index (κ2) is 8.47. The molecule has 1 unspecified atom stereocenters. The summed E-state index contributed by atoms with van der Waals surface area (Å²) in [6.07, 6.45) is 0.0193. The van der Waals surface area contributed by atoms with Crippen LogP contribution in [0.2, 0.25) is 0 Å². The molecule has 164 valence electrons. The van der Waals surface area contributed by atoms with Crippen LogP contribution in [-0.2, 0) is 32.1 Å². The first kappa shape index (κ1) is 21.6. The zero-order valence-corrected chi connectivity index (χ0v) is 17.7. The normalized spacial score (nSPS) is 19.9. The van der Waals surface area contributed by atoms with Gasteiger partial charge in [-0.1, -0.05) is 42.5 Å². The van der Waals surface area contributed by atoms with Crippen LogP contribution in [0.3, 0.4) is 0 Å². The SMILES string of the molecule is O=C(O)Cn1nnnc1C1=C(C(=O)O)N2C(=O)C(=S)[C@@H]2SC1NC(=O)Cc1ccccc1. The molecule has 12 nitrogen and oxygen atoms in total. The first-order valence-electron chi connectivity index (χ1n) is 9.10. The van der Waals surface area contributed by atoms with E-state index in [4.69, 9.17) is 17.3 Å². The Hall–Kier alpha value is -3.65. The summed E-state index contributed by atoms with van der Waals surface area (Å²) in [5, 5.41) is 30.8. The van der Waals surface area contributed by atoms with Gasteiger partial charge < -0.3 is 15.5 Å². The van der Waals surface area contributed by atoms with Gasteiger partial charge in [0.25, 0.3) is 5.91 Å². The zero-order valence-electron chi connectivity index (χ0n) is 16.0. The predicted molar refractivity (Wildman–Crippen MR) is 113 cm³/mol. The Morgan fingerprint density at radius 2 is 1.91 bits per heavy atom. The summed E-state index contributed by atoms with van der Waals surface area (Å²) in [4.78, 5) is 49.4. The fourth-order valence-electron chi connectivity index (χ4n) is 3.33. The minimum atomic E-state index is -1.46. The standard InChI is InChI=1S/C18H14N6O6S2/c25-9(6-8-4-2-1-3-5-8)19-15-11(14-20-21-22-23(14)7-10(26)27)12(18(29)30)24-16(28)13(31)17(24)32-15/h1-5,15,17H,6-7H2,(H,19,25)(H,26,27)(H,29,30)/t15?,17-/m0/s1. The number of tetrazole rings is 1. The molecule has 0 spiro atoms. The molecule has 2 atom stereocenters. The number of fused-ring (bicyclic) bond motifs is 1. The van der Waals surface area contributed by atoms with Gasteiger partial charge in [-0.15, -0.1) is 16.9 Å². The maximum Gasteiger partial charge on any atom is 0.353 e. The molecule has 2 aromatic rings. The lowest BCUT2D eigenvalue weighted by molar-refractivity contribution is -0.138. The highest BCUT2D eigenvalue weighted by atomic mass is 32.2. The molecular formula is C18H14N6O6S2. The van der Waals surface area contributed by atoms with Crippen molar-refractivity contribution in [1.29, 1.82) is 0 Å². The van der Waals surface area contributed by atoms with Crippen LogP contribution < -0.4 is 5.32 Å². The third kappa shape index (κ3) is 3.85. The van der Waals surface area contributed by atoms with Crippen LogP contribution in [0.25, 0.3) is 5.57 Å². The van der Waals surface area contributed by atoms with Crippen LogP contribution in [0.5, 0.6) is 0 Å². The third-order valence-electron chi connectivity index (χ3n) is 4.67. The van der Waals surface area contributed by atoms with Crippen molar-refractivity contribution in [3.8, 4) is 0 Å². The summed E-state index contributed by atoms with van der Waals surface area (Å²) < 4.78 is 0.889. The maximum atomic E-state index is 12.7. The van der Waals surface area contributed by atoms with Crippen molar-refractivity contribution in [2.45, 2.75) is 23.7 Å². The second-order valence-electron chi connectivity index (χ2n) is 6.76. The molecule has 1 saturated heterocycles. The van der Waals surface area contributed by atoms with Gasteiger partial charge in [-0.05, 0) is 16.0 Å². The number of hydrogen-bond acceptors (Lipinski definition) is 9. The van der Waals surface area contributed by atoms with Crippen molar-refractivity contribution in [1.82, 2.24) is 30.4 Å². The molecule has 1 aromatic heterocycles. The van der Waals surface area contributed by atoms with Crippen LogP contribution >= 0.6 is 24.0 Å². The lowest BCUT2D eigenvalue weighted by Gasteiger charge is -2.46. The van der Waals surface area contributed by atoms with E-state index in [0.717, 1.165) is 26.9 Å². The van der Waals surface area contributed by atoms with Crippen molar-refractivity contribution in [2.75, 3.05) is 0 Å². The van der Waals surface area contributed by atoms with Crippen molar-refractivity contribution < 1.29 is 29.4 Å². The Morgan fingerprint density at radius 3 is 2.56 bits per heavy atom. The van der Waals surface area contributed by atoms with Gasteiger partial charge >= 0.3 is 11.9 Å². The van der Waals surface area contributed by atoms with Crippen LogP contribution in [0.4, 0.5) is 0 Å². The molecule has 1 fully saturated rings. The lowest BCUT2D eigenvalue weighted by atomic mass is 10.0. The first-order valence-corrected chi connectivity index (χ1v) is 10.4. The van der Waals surface area contributed by atoms with E-state index < -0.39 is 46.7 Å². The molecule has 0 bridgehead atoms. The molecule has 32 heavy (non-hydrogen) atoms. The Kier molecular flexibility index (Phi) is 5.71. The highest BCUT2D eigenvalue weighted by molar-refractivity contribution is 8.03. The van der Waals surface area contributed by atoms with E-state index in [-0.39, 0.29) is 22.7 Å². The molecule has 0 radical (unpaired) electrons. The molecule has 4 rings (SSSR count). The molecule has 2 aliphatic heterocycles. The van der Waals surface area contributed by atoms with Crippen LogP contribution in [0, 0.1) is 0 Å². The van der Waals surface area contributed by atoms with Gasteiger partial charge in [0.2, 0.25) is 5.91 Å². The lowest BCUT2D eigenvalue weighted by Crippen LogP contribution is -2.63. The molecule has 14 heteroatoms. The smallest absolute Gasteiger partial charge is 0.353 e. The van der Waals surface area contributed by atoms with E-state index in [1.807, 2.05) is 6.07 Å². The Labute approximate surface area is 189 Å². The highest BCUT2D eigenvalue weighted by Crippen LogP contribution is 2.45. The summed E-state index contributed by atoms with van der Waals surface area (Å²) in [6, 6.07) is 8.90. The number of thioether (sulfide) groups is 1. The van der Waals surface area contributed by atoms with Crippen molar-refractivity contribution in [3.63, 3.8) is 0 Å². The van der Waals surface area contributed by atoms with E-state index in [1.54, 1.807) is 24.3 Å². The number of nitrogens with one attached hydrogen (secondary N) is 1. The van der Waals surface area contributed by atoms with E-state index in [0.29, 0.717) is 0 Å². The number of amides is 2. The number of thiocarbonyl (C=S) groups is 1. The number of rotatable bonds is 7. The third-order valence-corrected chi connectivity index (χ3v) is 6.55. The Morgan fingerprint density at radius 1 is 1.19 bits per heavy atom. The number of β-lactam (4-membered cyclic amide) rings is 1. The van der Waals surface area contributed by atoms with Crippen molar-refractivity contribution in [2.24, 2.45) is 0 Å². The van der Waals surface area contributed by atoms with Crippen molar-refractivity contribution >= 4 is 58.2 Å². The van der Waals surface area contributed by atoms with E-state index in [2.05, 4.69) is 20.8 Å². The molecule has 1 aromatic carbocycles. The fraction of sp³-hybridized carbons (Fsp3) is 0.222. The fourth-order valence-corrected chi connectivity index (χ4v) is 5.06. The summed E-state index contributed by atoms with van der Waals surface area (Å²) >= 11 is 6.11. The monoisotopic (exact) mass is 474 g/mol. The predicted octanol–water partition coefficient (Wildman–Crippen LogP) is -0.477. The average Bonchev–Trinajstić information content (AvgIpc) is 3.19. The number of hydrogen-bond donors (Lipinski definition) is 3. The first-order chi connectivity index (χ1) is 15.3. The van der Waals surface area contributed by atoms with Gasteiger partial charge in [-0.2, -0.15) is 0 Å². The Balaban J connectivity index is 1.76. The van der Waals surface area contributed by atoms with E-state index in [1.165, 1.54) is 0 Å². The van der Waals surface area contributed by atoms with Crippen LogP contribution in [0.15, 0.2) is 36.0 Å². The van der Waals surface area contributed by atoms with E-state index >= 15 is 0 Å². The number of benzene rings is 1. The molecule has 3 heterocycles. The number of carbonyl (C=O) groups is 4. The number of nitrogens with zero attached hydrogens (tertiary/aromatic N) is 5. The topological polar surface area (TPSA) is 168 Å². The summed E-state index contributed by atoms with van der Waals surface area (Å²) in [5.74, 6) is -3.99. The number of carboxylic acid groups (broad SMARTS) is 2. The largest absolute Gasteiger partial charge is 0.480 e. The number of carboxylic acids is 2. The average molecular weight is 474 g/mol. The van der Waals surface area contributed by atoms with Crippen molar-refractivity contribution in [3.05, 3.63) is 47.4 Å². The number of aromatic nitrogens is 4. The molecule has 0 aliphatic carbocycles. The summed E-state index contributed by atoms with van der Waals surface area (Å²) in [5.41, 5.74) is 0.183. The van der Waals surface area contributed by atoms with Gasteiger partial charge in [-0.25, -0.2) is 9.48 Å². The van der Waals surface area contributed by atoms with Gasteiger partial charge in [0.05, 0.1) is 12.0 Å². The highest BCUT2D eigenvalue weighted by Gasteiger charge is 2.54. The zero-order chi connectivity index (χ0) is 23.0. The minimum Gasteiger partial charge on any atom is -0.480 e. The molecule has 0 saturated carbocycles. The quantitative estimate of drug-likeness (QED) is 0.350. The van der Waals surface area contributed by atoms with Crippen LogP contribution in [0.1, 0.15) is 11.4 Å². The Bertz CT molecular complexity index is 1180. The van der Waals surface area contributed by atoms with E-state index in [9.17, 15) is 24.3 Å². The molecule has 2 amide bonds. The summed E-state index contributed by atoms with van der Waals surface area (Å²) in [6.45, 7) is -0.649. The van der Waals surface area contributed by atoms with Crippen LogP contribution in [-0.4, -0.2) is 74.7 Å². The van der Waals surface area contributed by atoms with Gasteiger partial charge in [0.1, 0.15) is 27.9 Å². The van der Waals surface area contributed by atoms with Gasteiger partial charge in [-0.3, -0.25) is 19.3 Å². The van der Waals surface area contributed by atoms with Gasteiger partial charge in [0, 0.05) is 0 Å². The molecular weight excluding hydrogens is 460 g/mol. The molecule has 3 N–H and O–H groups in total. The number of carbonyl (C=O) groups excluding carboxylic acids is 2. The second-order valence-corrected chi connectivity index (χ2v) is 8.39. The minimum absolute atomic E-state index is 0.0193. The van der Waals surface area contributed by atoms with Gasteiger partial charge in [0.15, 0.2) is 5.82 Å².